The van der Waals surface area contributed by atoms with Gasteiger partial charge in [0.2, 0.25) is 0 Å². The lowest BCUT2D eigenvalue weighted by Crippen LogP contribution is -2.23. The van der Waals surface area contributed by atoms with Crippen LogP contribution in [0.3, 0.4) is 0 Å². The van der Waals surface area contributed by atoms with Crippen LogP contribution in [0.25, 0.3) is 0 Å². The van der Waals surface area contributed by atoms with Crippen molar-refractivity contribution in [2.75, 3.05) is 0 Å². The van der Waals surface area contributed by atoms with Gasteiger partial charge >= 0.3 is 0 Å². The van der Waals surface area contributed by atoms with E-state index in [0.717, 1.165) is 167 Å². The van der Waals surface area contributed by atoms with Gasteiger partial charge in [-0.1, -0.05) is 388 Å². The summed E-state index contributed by atoms with van der Waals surface area (Å²) in [6.07, 6.45) is 40.7. The molecule has 0 aliphatic heterocycles. The molecule has 0 aromatic rings. The van der Waals surface area contributed by atoms with Crippen molar-refractivity contribution in [1.82, 2.24) is 0 Å². The molecule has 0 saturated heterocycles. The molecule has 0 amide bonds. The Morgan fingerprint density at radius 1 is 0.202 bits per heavy atom. The first-order valence-corrected chi connectivity index (χ1v) is 64.7. The zero-order valence-corrected chi connectivity index (χ0v) is 88.0. The third kappa shape index (κ3) is 63.5. The summed E-state index contributed by atoms with van der Waals surface area (Å²) in [5.41, 5.74) is 0. The Kier molecular flexibility index (Phi) is 68.4. The van der Waals surface area contributed by atoms with Crippen LogP contribution in [0.4, 0.5) is 0 Å². The van der Waals surface area contributed by atoms with Crippen molar-refractivity contribution >= 4 is 91.1 Å². The van der Waals surface area contributed by atoms with Gasteiger partial charge in [0, 0.05) is 0 Å². The van der Waals surface area contributed by atoms with Crippen LogP contribution < -0.4 is 0 Å². The summed E-state index contributed by atoms with van der Waals surface area (Å²) in [5, 5.41) is -8.65. The van der Waals surface area contributed by atoms with Crippen LogP contribution >= 0.6 is 0 Å². The van der Waals surface area contributed by atoms with E-state index in [4.69, 9.17) is 0 Å². The summed E-state index contributed by atoms with van der Waals surface area (Å²) in [4.78, 5) is 0. The maximum absolute atomic E-state index is 13.3. The highest BCUT2D eigenvalue weighted by molar-refractivity contribution is 7.88. The Balaban J connectivity index is 3.60. The monoisotopic (exact) mass is 2020 g/mol. The molecule has 15 atom stereocenters. The molecule has 1 aliphatic carbocycles. The Bertz CT molecular complexity index is 3930. The van der Waals surface area contributed by atoms with E-state index in [1.807, 2.05) is 6.92 Å². The summed E-state index contributed by atoms with van der Waals surface area (Å²) in [6, 6.07) is 0. The fraction of sp³-hybridized carbons (Fsp3) is 1.00. The Morgan fingerprint density at radius 2 is 0.380 bits per heavy atom. The molecule has 0 heterocycles. The smallest absolute Gasteiger partial charge is 0.267 e. The number of rotatable bonds is 40. The highest BCUT2D eigenvalue weighted by atomic mass is 32.3. The summed E-state index contributed by atoms with van der Waals surface area (Å²) in [6.45, 7) is 12.5. The minimum atomic E-state index is -4.54. The van der Waals surface area contributed by atoms with Crippen molar-refractivity contribution in [2.24, 2.45) is 35.5 Å². The molecule has 9 N–H and O–H groups in total. The Morgan fingerprint density at radius 3 is 0.628 bits per heavy atom. The van der Waals surface area contributed by atoms with Gasteiger partial charge in [-0.3, -0.25) is 41.0 Å². The minimum Gasteiger partial charge on any atom is -0.285 e. The van der Waals surface area contributed by atoms with E-state index < -0.39 is 138 Å². The van der Waals surface area contributed by atoms with Gasteiger partial charge < -0.3 is 0 Å². The maximum atomic E-state index is 13.3. The van der Waals surface area contributed by atoms with Gasteiger partial charge in [0.25, 0.3) is 91.1 Å². The molecule has 36 heteroatoms. The number of unbranched alkanes of at least 4 members (excludes halogenated alkanes) is 12. The lowest BCUT2D eigenvalue weighted by atomic mass is 9.78. The average Bonchev–Trinajstić information content (AvgIpc) is 0.884. The van der Waals surface area contributed by atoms with Crippen molar-refractivity contribution < 1.29 is 117 Å². The predicted octanol–water partition coefficient (Wildman–Crippen LogP) is 25.2. The molecule has 0 spiro atoms. The number of hydrogen-bond donors (Lipinski definition) is 9. The second kappa shape index (κ2) is 69.9. The van der Waals surface area contributed by atoms with Gasteiger partial charge in [0.05, 0.1) is 47.2 Å². The van der Waals surface area contributed by atoms with E-state index in [1.54, 1.807) is 0 Å². The highest BCUT2D eigenvalue weighted by Crippen LogP contribution is 2.38. The first-order chi connectivity index (χ1) is 60.5. The molecule has 1 aliphatic rings. The first-order valence-electron chi connectivity index (χ1n) is 51.2. The van der Waals surface area contributed by atoms with Crippen LogP contribution in [-0.2, 0) is 91.1 Å². The summed E-state index contributed by atoms with van der Waals surface area (Å²) in [5.74, 6) is 0.615. The topological polar surface area (TPSA) is 489 Å². The van der Waals surface area contributed by atoms with Gasteiger partial charge in [0.15, 0.2) is 0 Å². The molecule has 1 rings (SSSR count). The standard InChI is InChI=1S/C93H186O27S9/c1-7-11-13-31-61-85(121(94,95)96)63-33-23-15-18-27-37-67-88(124(103,104)105)73-47-43-55-83(59-51-77-90(126(109,110)111)62-32-14-12-8-2)84-56-44-48-74-89(125(106,107)108)68-38-28-20-22-30-40-70-92(128(115,116)117)76-50-58-82(10-4)81(9-3)57-49-75-91(127(112,113)114)69-39-29-21-19-25-35-65-86(122(97,98)99)64-34-24-16-17-26-36-66-87(123(100,101)102)71-45-41-53-79(5)80(6)54-42-46-72-93(78-52-60-84)129(118,119)120/h79-93H,7-78H2,1-6H3,(H,94,95,96)(H,97,98,99)(H,100,101,102)(H,103,104,105)(H,106,107,108)(H,109,110,111)(H,112,113,114)(H,115,116,117)(H,118,119,120). The summed E-state index contributed by atoms with van der Waals surface area (Å²) < 4.78 is 322. The minimum absolute atomic E-state index is 0.124. The molecule has 0 aromatic heterocycles. The predicted molar refractivity (Wildman–Crippen MR) is 525 cm³/mol. The van der Waals surface area contributed by atoms with Crippen molar-refractivity contribution in [3.63, 3.8) is 0 Å². The van der Waals surface area contributed by atoms with E-state index in [0.29, 0.717) is 231 Å². The van der Waals surface area contributed by atoms with E-state index in [-0.39, 0.29) is 99.7 Å². The van der Waals surface area contributed by atoms with Crippen LogP contribution in [0.5, 0.6) is 0 Å². The van der Waals surface area contributed by atoms with Crippen molar-refractivity contribution in [1.29, 1.82) is 0 Å². The second-order valence-electron chi connectivity index (χ2n) is 39.4. The van der Waals surface area contributed by atoms with Crippen LogP contribution in [0, 0.1) is 35.5 Å². The molecule has 1 fully saturated rings. The summed E-state index contributed by atoms with van der Waals surface area (Å²) >= 11 is 0. The van der Waals surface area contributed by atoms with Gasteiger partial charge in [-0.2, -0.15) is 75.8 Å². The van der Waals surface area contributed by atoms with Crippen molar-refractivity contribution in [3.8, 4) is 0 Å². The van der Waals surface area contributed by atoms with Crippen molar-refractivity contribution in [3.05, 3.63) is 0 Å². The molecule has 1 saturated carbocycles. The lowest BCUT2D eigenvalue weighted by molar-refractivity contribution is 0.235. The molecule has 129 heavy (non-hydrogen) atoms. The van der Waals surface area contributed by atoms with Crippen molar-refractivity contribution in [2.45, 2.75) is 551 Å². The van der Waals surface area contributed by atoms with E-state index in [9.17, 15) is 117 Å². The zero-order valence-electron chi connectivity index (χ0n) is 80.6. The maximum Gasteiger partial charge on any atom is 0.267 e. The Labute approximate surface area is 788 Å². The van der Waals surface area contributed by atoms with Gasteiger partial charge in [-0.05, 0) is 151 Å². The molecule has 0 radical (unpaired) electrons. The Hall–Kier alpha value is -0.810. The molecular formula is C93H186O27S9. The quantitative estimate of drug-likeness (QED) is 0.0203. The first kappa shape index (κ1) is 126. The third-order valence-corrected chi connectivity index (χ3v) is 40.9. The van der Waals surface area contributed by atoms with E-state index >= 15 is 0 Å². The summed E-state index contributed by atoms with van der Waals surface area (Å²) in [7, 11) is -39.4. The molecule has 0 bridgehead atoms. The van der Waals surface area contributed by atoms with Gasteiger partial charge in [0.1, 0.15) is 0 Å². The largest absolute Gasteiger partial charge is 0.285 e. The fourth-order valence-electron chi connectivity index (χ4n) is 20.4. The van der Waals surface area contributed by atoms with Gasteiger partial charge in [-0.25, -0.2) is 0 Å². The molecule has 774 valence electrons. The lowest BCUT2D eigenvalue weighted by Gasteiger charge is -2.29. The normalized spacial score (nSPS) is 25.7. The van der Waals surface area contributed by atoms with Crippen LogP contribution in [0.1, 0.15) is 504 Å². The third-order valence-electron chi connectivity index (χ3n) is 29.1. The molecule has 27 nitrogen and oxygen atoms in total. The fourth-order valence-corrected chi connectivity index (χ4v) is 28.8. The number of hydrogen-bond acceptors (Lipinski definition) is 18. The van der Waals surface area contributed by atoms with Crippen LogP contribution in [0.15, 0.2) is 0 Å². The SMILES string of the molecule is CCCCCCC(CCCCCCCCC(CCCCC(CCCC(CCCCCC)S(=O)(=O)O)C1CCCCC(S(=O)(=O)O)CCCCCCCCC(S(=O)(=O)O)CCCC(CC)C(CC)CCCC(S(=O)(=O)O)CCCCCCCCC(S(=O)(=O)O)CCCCCCCCC(S(=O)(=O)O)CCCCC(C)C(C)CCCCC(S(=O)(=O)O)CCC1)S(=O)(=O)O)S(=O)(=O)O. The van der Waals surface area contributed by atoms with E-state index in [1.165, 1.54) is 0 Å². The highest BCUT2D eigenvalue weighted by Gasteiger charge is 2.33. The zero-order chi connectivity index (χ0) is 97.1. The van der Waals surface area contributed by atoms with Crippen LogP contribution in [0.2, 0.25) is 0 Å². The van der Waals surface area contributed by atoms with Gasteiger partial charge in [-0.15, -0.1) is 0 Å². The molecule has 0 aromatic carbocycles. The van der Waals surface area contributed by atoms with Crippen LogP contribution in [-0.4, -0.2) is 164 Å². The molecular weight excluding hydrogens is 1840 g/mol. The molecule has 15 unspecified atom stereocenters. The average molecular weight is 2030 g/mol. The second-order valence-corrected chi connectivity index (χ2v) is 54.7. The van der Waals surface area contributed by atoms with E-state index in [2.05, 4.69) is 34.6 Å².